The molecule has 0 saturated carbocycles. The minimum absolute atomic E-state index is 0.811. The van der Waals surface area contributed by atoms with Crippen molar-refractivity contribution in [3.63, 3.8) is 0 Å². The average molecular weight is 244 g/mol. The van der Waals surface area contributed by atoms with Gasteiger partial charge in [-0.15, -0.1) is 11.8 Å². The number of rotatable bonds is 4. The van der Waals surface area contributed by atoms with Crippen molar-refractivity contribution < 1.29 is 0 Å². The van der Waals surface area contributed by atoms with E-state index in [-0.39, 0.29) is 0 Å². The van der Waals surface area contributed by atoms with Crippen molar-refractivity contribution in [3.8, 4) is 0 Å². The first kappa shape index (κ1) is 12.0. The number of anilines is 1. The highest BCUT2D eigenvalue weighted by molar-refractivity contribution is 7.98. The van der Waals surface area contributed by atoms with Gasteiger partial charge in [0, 0.05) is 29.0 Å². The summed E-state index contributed by atoms with van der Waals surface area (Å²) in [4.78, 5) is 5.56. The third-order valence-corrected chi connectivity index (χ3v) is 3.30. The van der Waals surface area contributed by atoms with Crippen molar-refractivity contribution in [2.45, 2.75) is 18.4 Å². The van der Waals surface area contributed by atoms with Crippen LogP contribution in [0.2, 0.25) is 0 Å². The number of aromatic nitrogens is 1. The summed E-state index contributed by atoms with van der Waals surface area (Å²) in [6, 6.07) is 12.6. The van der Waals surface area contributed by atoms with Crippen LogP contribution in [-0.4, -0.2) is 11.2 Å². The van der Waals surface area contributed by atoms with Gasteiger partial charge in [-0.3, -0.25) is 4.98 Å². The molecule has 0 spiro atoms. The number of thioether (sulfide) groups is 1. The van der Waals surface area contributed by atoms with E-state index in [1.807, 2.05) is 19.2 Å². The molecule has 3 heteroatoms. The summed E-state index contributed by atoms with van der Waals surface area (Å²) in [5, 5.41) is 3.38. The van der Waals surface area contributed by atoms with Crippen LogP contribution in [-0.2, 0) is 6.54 Å². The summed E-state index contributed by atoms with van der Waals surface area (Å²) >= 11 is 1.76. The normalized spacial score (nSPS) is 10.2. The lowest BCUT2D eigenvalue weighted by molar-refractivity contribution is 1.08. The van der Waals surface area contributed by atoms with Gasteiger partial charge in [-0.2, -0.15) is 0 Å². The van der Waals surface area contributed by atoms with Crippen LogP contribution in [0.5, 0.6) is 0 Å². The minimum Gasteiger partial charge on any atom is -0.381 e. The Morgan fingerprint density at radius 2 is 1.88 bits per heavy atom. The predicted molar refractivity (Wildman–Crippen MR) is 74.5 cm³/mol. The van der Waals surface area contributed by atoms with Crippen molar-refractivity contribution in [3.05, 3.63) is 53.9 Å². The molecule has 0 aliphatic rings. The Balaban J connectivity index is 1.95. The Morgan fingerprint density at radius 1 is 1.12 bits per heavy atom. The summed E-state index contributed by atoms with van der Waals surface area (Å²) in [5.41, 5.74) is 3.39. The van der Waals surface area contributed by atoms with Crippen LogP contribution in [0.4, 0.5) is 5.69 Å². The van der Waals surface area contributed by atoms with Gasteiger partial charge in [0.25, 0.3) is 0 Å². The monoisotopic (exact) mass is 244 g/mol. The summed E-state index contributed by atoms with van der Waals surface area (Å²) in [6.07, 6.45) is 4.00. The van der Waals surface area contributed by atoms with Gasteiger partial charge in [0.05, 0.1) is 0 Å². The molecule has 0 unspecified atom stereocenters. The third-order valence-electron chi connectivity index (χ3n) is 2.56. The SMILES string of the molecule is CSc1ccc(NCc2ccc(C)nc2)cc1. The van der Waals surface area contributed by atoms with Crippen molar-refractivity contribution >= 4 is 17.4 Å². The summed E-state index contributed by atoms with van der Waals surface area (Å²) < 4.78 is 0. The summed E-state index contributed by atoms with van der Waals surface area (Å²) in [7, 11) is 0. The lowest BCUT2D eigenvalue weighted by Crippen LogP contribution is -1.99. The molecule has 1 heterocycles. The molecule has 0 saturated heterocycles. The molecular weight excluding hydrogens is 228 g/mol. The maximum atomic E-state index is 4.28. The first-order chi connectivity index (χ1) is 8.28. The molecule has 88 valence electrons. The predicted octanol–water partition coefficient (Wildman–Crippen LogP) is 3.72. The maximum Gasteiger partial charge on any atom is 0.0416 e. The fourth-order valence-corrected chi connectivity index (χ4v) is 1.92. The topological polar surface area (TPSA) is 24.9 Å². The molecule has 17 heavy (non-hydrogen) atoms. The van der Waals surface area contributed by atoms with E-state index in [9.17, 15) is 0 Å². The average Bonchev–Trinajstić information content (AvgIpc) is 2.39. The van der Waals surface area contributed by atoms with Gasteiger partial charge in [-0.1, -0.05) is 6.07 Å². The van der Waals surface area contributed by atoms with E-state index in [1.165, 1.54) is 10.5 Å². The zero-order chi connectivity index (χ0) is 12.1. The van der Waals surface area contributed by atoms with Crippen LogP contribution in [0.3, 0.4) is 0 Å². The number of nitrogens with zero attached hydrogens (tertiary/aromatic N) is 1. The first-order valence-corrected chi connectivity index (χ1v) is 6.80. The smallest absolute Gasteiger partial charge is 0.0416 e. The van der Waals surface area contributed by atoms with E-state index < -0.39 is 0 Å². The van der Waals surface area contributed by atoms with Gasteiger partial charge in [0.2, 0.25) is 0 Å². The Hall–Kier alpha value is -1.48. The van der Waals surface area contributed by atoms with Gasteiger partial charge in [-0.05, 0) is 49.1 Å². The number of hydrogen-bond acceptors (Lipinski definition) is 3. The van der Waals surface area contributed by atoms with Gasteiger partial charge in [0.15, 0.2) is 0 Å². The standard InChI is InChI=1S/C14H16N2S/c1-11-3-4-12(9-15-11)10-16-13-5-7-14(17-2)8-6-13/h3-9,16H,10H2,1-2H3. The summed E-state index contributed by atoms with van der Waals surface area (Å²) in [5.74, 6) is 0. The molecule has 0 aliphatic heterocycles. The van der Waals surface area contributed by atoms with Crippen LogP contribution in [0, 0.1) is 6.92 Å². The summed E-state index contributed by atoms with van der Waals surface area (Å²) in [6.45, 7) is 2.81. The van der Waals surface area contributed by atoms with E-state index >= 15 is 0 Å². The van der Waals surface area contributed by atoms with Crippen LogP contribution < -0.4 is 5.32 Å². The zero-order valence-electron chi connectivity index (χ0n) is 10.1. The van der Waals surface area contributed by atoms with Crippen LogP contribution >= 0.6 is 11.8 Å². The Labute approximate surface area is 106 Å². The molecule has 1 N–H and O–H groups in total. The van der Waals surface area contributed by atoms with E-state index in [0.29, 0.717) is 0 Å². The molecule has 2 aromatic rings. The molecule has 0 fully saturated rings. The molecule has 0 atom stereocenters. The van der Waals surface area contributed by atoms with Crippen LogP contribution in [0.25, 0.3) is 0 Å². The number of hydrogen-bond donors (Lipinski definition) is 1. The van der Waals surface area contributed by atoms with E-state index in [0.717, 1.165) is 17.9 Å². The second kappa shape index (κ2) is 5.73. The van der Waals surface area contributed by atoms with Gasteiger partial charge in [-0.25, -0.2) is 0 Å². The number of benzene rings is 1. The van der Waals surface area contributed by atoms with E-state index in [2.05, 4.69) is 46.9 Å². The fraction of sp³-hybridized carbons (Fsp3) is 0.214. The van der Waals surface area contributed by atoms with E-state index in [1.54, 1.807) is 11.8 Å². The zero-order valence-corrected chi connectivity index (χ0v) is 10.9. The highest BCUT2D eigenvalue weighted by atomic mass is 32.2. The lowest BCUT2D eigenvalue weighted by Gasteiger charge is -2.07. The molecule has 0 bridgehead atoms. The van der Waals surface area contributed by atoms with Crippen LogP contribution in [0.1, 0.15) is 11.3 Å². The lowest BCUT2D eigenvalue weighted by atomic mass is 10.2. The molecule has 1 aromatic heterocycles. The Bertz CT molecular complexity index is 463. The molecule has 1 aromatic carbocycles. The number of pyridine rings is 1. The quantitative estimate of drug-likeness (QED) is 0.830. The third kappa shape index (κ3) is 3.49. The number of nitrogens with one attached hydrogen (secondary N) is 1. The molecule has 0 radical (unpaired) electrons. The second-order valence-electron chi connectivity index (χ2n) is 3.89. The van der Waals surface area contributed by atoms with Crippen molar-refractivity contribution in [1.82, 2.24) is 4.98 Å². The van der Waals surface area contributed by atoms with Crippen molar-refractivity contribution in [1.29, 1.82) is 0 Å². The van der Waals surface area contributed by atoms with Crippen molar-refractivity contribution in [2.24, 2.45) is 0 Å². The molecular formula is C14H16N2S. The van der Waals surface area contributed by atoms with Gasteiger partial charge < -0.3 is 5.32 Å². The minimum atomic E-state index is 0.811. The second-order valence-corrected chi connectivity index (χ2v) is 4.77. The maximum absolute atomic E-state index is 4.28. The number of aryl methyl sites for hydroxylation is 1. The van der Waals surface area contributed by atoms with Gasteiger partial charge in [0.1, 0.15) is 0 Å². The first-order valence-electron chi connectivity index (χ1n) is 5.57. The van der Waals surface area contributed by atoms with Gasteiger partial charge >= 0.3 is 0 Å². The van der Waals surface area contributed by atoms with E-state index in [4.69, 9.17) is 0 Å². The molecule has 2 rings (SSSR count). The highest BCUT2D eigenvalue weighted by Gasteiger charge is 1.95. The van der Waals surface area contributed by atoms with Crippen LogP contribution in [0.15, 0.2) is 47.5 Å². The molecule has 2 nitrogen and oxygen atoms in total. The highest BCUT2D eigenvalue weighted by Crippen LogP contribution is 2.17. The molecule has 0 aliphatic carbocycles. The Morgan fingerprint density at radius 3 is 2.47 bits per heavy atom. The Kier molecular flexibility index (Phi) is 4.04. The van der Waals surface area contributed by atoms with Crippen molar-refractivity contribution in [2.75, 3.05) is 11.6 Å². The molecule has 0 amide bonds. The fourth-order valence-electron chi connectivity index (χ4n) is 1.52. The largest absolute Gasteiger partial charge is 0.381 e.